The molecule has 2 heterocycles. The Hall–Kier alpha value is -0.860. The van der Waals surface area contributed by atoms with Crippen molar-refractivity contribution in [3.63, 3.8) is 0 Å². The minimum absolute atomic E-state index is 0. The Labute approximate surface area is 150 Å². The van der Waals surface area contributed by atoms with Crippen LogP contribution < -0.4 is 11.1 Å². The molecule has 0 saturated carbocycles. The van der Waals surface area contributed by atoms with E-state index in [1.807, 2.05) is 0 Å². The van der Waals surface area contributed by atoms with E-state index in [1.165, 1.54) is 19.3 Å². The highest BCUT2D eigenvalue weighted by Crippen LogP contribution is 2.15. The molecule has 126 valence electrons. The maximum atomic E-state index is 5.85. The first-order chi connectivity index (χ1) is 10.2. The number of hydrogen-bond acceptors (Lipinski definition) is 3. The predicted octanol–water partition coefficient (Wildman–Crippen LogP) is 2.26. The summed E-state index contributed by atoms with van der Waals surface area (Å²) in [6.07, 6.45) is 7.76. The number of hydrogen-bond donors (Lipinski definition) is 2. The average Bonchev–Trinajstić information content (AvgIpc) is 2.70. The van der Waals surface area contributed by atoms with Gasteiger partial charge in [-0.05, 0) is 32.6 Å². The Morgan fingerprint density at radius 1 is 1.36 bits per heavy atom. The van der Waals surface area contributed by atoms with Gasteiger partial charge in [0.15, 0.2) is 5.96 Å². The van der Waals surface area contributed by atoms with Crippen LogP contribution in [0.3, 0.4) is 0 Å². The summed E-state index contributed by atoms with van der Waals surface area (Å²) in [4.78, 5) is 4.37. The molecule has 0 bridgehead atoms. The first-order valence-electron chi connectivity index (χ1n) is 8.18. The van der Waals surface area contributed by atoms with Gasteiger partial charge in [-0.25, -0.2) is 0 Å². The molecule has 22 heavy (non-hydrogen) atoms. The Morgan fingerprint density at radius 2 is 2.18 bits per heavy atom. The topological polar surface area (TPSA) is 81.1 Å². The minimum atomic E-state index is 0. The van der Waals surface area contributed by atoms with Crippen LogP contribution in [0.25, 0.3) is 0 Å². The molecule has 0 radical (unpaired) electrons. The Morgan fingerprint density at radius 3 is 2.95 bits per heavy atom. The summed E-state index contributed by atoms with van der Waals surface area (Å²) in [5, 5.41) is 11.8. The van der Waals surface area contributed by atoms with E-state index in [4.69, 9.17) is 5.73 Å². The lowest BCUT2D eigenvalue weighted by Crippen LogP contribution is -2.38. The van der Waals surface area contributed by atoms with Crippen LogP contribution in [0.5, 0.6) is 0 Å². The zero-order valence-electron chi connectivity index (χ0n) is 13.7. The predicted molar refractivity (Wildman–Crippen MR) is 101 cm³/mol. The second-order valence-electron chi connectivity index (χ2n) is 5.82. The van der Waals surface area contributed by atoms with Gasteiger partial charge in [-0.15, -0.1) is 34.2 Å². The van der Waals surface area contributed by atoms with Crippen molar-refractivity contribution >= 4 is 29.9 Å². The van der Waals surface area contributed by atoms with Crippen LogP contribution in [0.4, 0.5) is 0 Å². The molecule has 2 rings (SSSR count). The van der Waals surface area contributed by atoms with Crippen molar-refractivity contribution in [3.05, 3.63) is 11.6 Å². The summed E-state index contributed by atoms with van der Waals surface area (Å²) in [7, 11) is 0. The standard InChI is InChI=1S/C15H28N6.HI/c1-3-12(2)18-15(16)17-10-7-9-14-20-19-13-8-5-4-6-11-21(13)14;/h12H,3-11H2,1-2H3,(H3,16,17,18);1H. The van der Waals surface area contributed by atoms with E-state index in [2.05, 4.69) is 38.9 Å². The van der Waals surface area contributed by atoms with Crippen LogP contribution in [0, 0.1) is 0 Å². The van der Waals surface area contributed by atoms with Gasteiger partial charge in [-0.3, -0.25) is 4.99 Å². The fourth-order valence-electron chi connectivity index (χ4n) is 2.57. The fraction of sp³-hybridized carbons (Fsp3) is 0.800. The first-order valence-corrected chi connectivity index (χ1v) is 8.18. The van der Waals surface area contributed by atoms with E-state index < -0.39 is 0 Å². The molecule has 6 nitrogen and oxygen atoms in total. The van der Waals surface area contributed by atoms with E-state index in [0.717, 1.165) is 50.4 Å². The molecule has 1 aromatic rings. The number of aryl methyl sites for hydroxylation is 2. The third-order valence-corrected chi connectivity index (χ3v) is 4.03. The van der Waals surface area contributed by atoms with Crippen LogP contribution in [-0.2, 0) is 19.4 Å². The molecule has 0 fully saturated rings. The van der Waals surface area contributed by atoms with Gasteiger partial charge in [0, 0.05) is 32.0 Å². The lowest BCUT2D eigenvalue weighted by molar-refractivity contribution is 0.597. The summed E-state index contributed by atoms with van der Waals surface area (Å²) in [6, 6.07) is 0.376. The molecule has 3 N–H and O–H groups in total. The second-order valence-corrected chi connectivity index (χ2v) is 5.82. The monoisotopic (exact) mass is 420 g/mol. The highest BCUT2D eigenvalue weighted by atomic mass is 127. The number of aliphatic imine (C=N–C) groups is 1. The molecule has 7 heteroatoms. The van der Waals surface area contributed by atoms with Gasteiger partial charge >= 0.3 is 0 Å². The zero-order valence-corrected chi connectivity index (χ0v) is 16.0. The molecule has 1 atom stereocenters. The molecule has 0 spiro atoms. The maximum absolute atomic E-state index is 5.85. The lowest BCUT2D eigenvalue weighted by Gasteiger charge is -2.11. The van der Waals surface area contributed by atoms with Crippen molar-refractivity contribution in [1.29, 1.82) is 0 Å². The molecule has 0 aromatic carbocycles. The van der Waals surface area contributed by atoms with Crippen LogP contribution >= 0.6 is 24.0 Å². The number of fused-ring (bicyclic) bond motifs is 1. The number of halogens is 1. The molecule has 0 amide bonds. The smallest absolute Gasteiger partial charge is 0.188 e. The molecular formula is C15H29IN6. The van der Waals surface area contributed by atoms with E-state index in [-0.39, 0.29) is 24.0 Å². The van der Waals surface area contributed by atoms with Gasteiger partial charge in [0.25, 0.3) is 0 Å². The van der Waals surface area contributed by atoms with Gasteiger partial charge < -0.3 is 15.6 Å². The summed E-state index contributed by atoms with van der Waals surface area (Å²) >= 11 is 0. The molecule has 1 unspecified atom stereocenters. The molecule has 0 aliphatic carbocycles. The first kappa shape index (κ1) is 19.2. The molecule has 0 saturated heterocycles. The molecular weight excluding hydrogens is 391 g/mol. The van der Waals surface area contributed by atoms with E-state index in [9.17, 15) is 0 Å². The summed E-state index contributed by atoms with van der Waals surface area (Å²) in [6.45, 7) is 6.03. The number of guanidine groups is 1. The quantitative estimate of drug-likeness (QED) is 0.320. The van der Waals surface area contributed by atoms with Crippen LogP contribution in [0.1, 0.15) is 57.6 Å². The second kappa shape index (κ2) is 10.0. The van der Waals surface area contributed by atoms with Crippen LogP contribution in [0.2, 0.25) is 0 Å². The summed E-state index contributed by atoms with van der Waals surface area (Å²) in [5.41, 5.74) is 5.85. The van der Waals surface area contributed by atoms with Crippen LogP contribution in [-0.4, -0.2) is 33.3 Å². The van der Waals surface area contributed by atoms with Gasteiger partial charge in [0.2, 0.25) is 0 Å². The van der Waals surface area contributed by atoms with Crippen molar-refractivity contribution in [2.24, 2.45) is 10.7 Å². The Kier molecular flexibility index (Phi) is 8.74. The largest absolute Gasteiger partial charge is 0.370 e. The van der Waals surface area contributed by atoms with Crippen molar-refractivity contribution in [2.45, 2.75) is 71.4 Å². The van der Waals surface area contributed by atoms with Gasteiger partial charge in [0.05, 0.1) is 0 Å². The van der Waals surface area contributed by atoms with E-state index in [1.54, 1.807) is 0 Å². The van der Waals surface area contributed by atoms with Crippen molar-refractivity contribution in [1.82, 2.24) is 20.1 Å². The number of nitrogens with one attached hydrogen (secondary N) is 1. The average molecular weight is 420 g/mol. The van der Waals surface area contributed by atoms with Crippen LogP contribution in [0.15, 0.2) is 4.99 Å². The maximum Gasteiger partial charge on any atom is 0.188 e. The van der Waals surface area contributed by atoms with E-state index >= 15 is 0 Å². The normalized spacial score (nSPS) is 16.4. The Bertz CT molecular complexity index is 471. The highest BCUT2D eigenvalue weighted by molar-refractivity contribution is 14.0. The highest BCUT2D eigenvalue weighted by Gasteiger charge is 2.13. The number of nitrogens with zero attached hydrogens (tertiary/aromatic N) is 4. The minimum Gasteiger partial charge on any atom is -0.370 e. The SMILES string of the molecule is CCC(C)NC(N)=NCCCc1nnc2n1CCCCC2.I. The zero-order chi connectivity index (χ0) is 15.1. The third kappa shape index (κ3) is 5.73. The van der Waals surface area contributed by atoms with Crippen molar-refractivity contribution < 1.29 is 0 Å². The van der Waals surface area contributed by atoms with Gasteiger partial charge in [-0.2, -0.15) is 0 Å². The van der Waals surface area contributed by atoms with Gasteiger partial charge in [-0.1, -0.05) is 13.3 Å². The number of aromatic nitrogens is 3. The molecule has 1 aliphatic heterocycles. The summed E-state index contributed by atoms with van der Waals surface area (Å²) in [5.74, 6) is 2.81. The third-order valence-electron chi connectivity index (χ3n) is 4.03. The van der Waals surface area contributed by atoms with Crippen molar-refractivity contribution in [3.8, 4) is 0 Å². The molecule has 1 aromatic heterocycles. The van der Waals surface area contributed by atoms with E-state index in [0.29, 0.717) is 12.0 Å². The number of nitrogens with two attached hydrogens (primary N) is 1. The van der Waals surface area contributed by atoms with Crippen molar-refractivity contribution in [2.75, 3.05) is 6.54 Å². The summed E-state index contributed by atoms with van der Waals surface area (Å²) < 4.78 is 2.30. The lowest BCUT2D eigenvalue weighted by atomic mass is 10.2. The Balaban J connectivity index is 0.00000242. The fourth-order valence-corrected chi connectivity index (χ4v) is 2.57. The molecule has 1 aliphatic rings. The number of rotatable bonds is 6. The van der Waals surface area contributed by atoms with Gasteiger partial charge in [0.1, 0.15) is 11.6 Å².